The molecule has 0 bridgehead atoms. The summed E-state index contributed by atoms with van der Waals surface area (Å²) in [5.41, 5.74) is 0.583. The summed E-state index contributed by atoms with van der Waals surface area (Å²) < 4.78 is 26.0. The van der Waals surface area contributed by atoms with E-state index < -0.39 is 18.0 Å². The SMILES string of the molecule is Cc1ncc(COO)c(C/N=C2/C[C@@H](C(=O)O)CC2=C(F)F)c1O. The second-order valence-electron chi connectivity index (χ2n) is 5.41. The highest BCUT2D eigenvalue weighted by Crippen LogP contribution is 2.33. The minimum absolute atomic E-state index is 0.00660. The number of carboxylic acids is 1. The number of aliphatic imine (C=N–C) groups is 1. The Morgan fingerprint density at radius 1 is 1.46 bits per heavy atom. The molecule has 0 spiro atoms. The third-order valence-electron chi connectivity index (χ3n) is 3.89. The summed E-state index contributed by atoms with van der Waals surface area (Å²) in [5.74, 6) is -2.27. The van der Waals surface area contributed by atoms with Gasteiger partial charge in [-0.1, -0.05) is 0 Å². The van der Waals surface area contributed by atoms with E-state index >= 15 is 0 Å². The first kappa shape index (κ1) is 18.0. The number of aliphatic carboxylic acids is 1. The van der Waals surface area contributed by atoms with Crippen LogP contribution < -0.4 is 0 Å². The van der Waals surface area contributed by atoms with Crippen LogP contribution in [-0.2, 0) is 22.8 Å². The first-order valence-electron chi connectivity index (χ1n) is 7.08. The molecule has 1 aliphatic carbocycles. The van der Waals surface area contributed by atoms with Gasteiger partial charge in [0.05, 0.1) is 18.2 Å². The van der Waals surface area contributed by atoms with Crippen LogP contribution in [0.4, 0.5) is 8.78 Å². The molecular weight excluding hydrogens is 326 g/mol. The summed E-state index contributed by atoms with van der Waals surface area (Å²) in [7, 11) is 0. The van der Waals surface area contributed by atoms with Crippen molar-refractivity contribution in [2.24, 2.45) is 10.9 Å². The van der Waals surface area contributed by atoms with E-state index in [1.165, 1.54) is 6.20 Å². The maximum Gasteiger partial charge on any atom is 0.307 e. The van der Waals surface area contributed by atoms with Crippen molar-refractivity contribution in [2.45, 2.75) is 32.9 Å². The molecule has 7 nitrogen and oxygen atoms in total. The molecular formula is C15H16F2N2O5. The monoisotopic (exact) mass is 342 g/mol. The van der Waals surface area contributed by atoms with Crippen molar-refractivity contribution in [1.29, 1.82) is 0 Å². The Morgan fingerprint density at radius 3 is 2.75 bits per heavy atom. The third-order valence-corrected chi connectivity index (χ3v) is 3.89. The molecule has 130 valence electrons. The topological polar surface area (TPSA) is 112 Å². The van der Waals surface area contributed by atoms with E-state index in [9.17, 15) is 18.7 Å². The summed E-state index contributed by atoms with van der Waals surface area (Å²) in [6, 6.07) is 0. The summed E-state index contributed by atoms with van der Waals surface area (Å²) in [6.45, 7) is 1.14. The fraction of sp³-hybridized carbons (Fsp3) is 0.400. The molecule has 3 N–H and O–H groups in total. The lowest BCUT2D eigenvalue weighted by molar-refractivity contribution is -0.253. The molecule has 1 atom stereocenters. The Kier molecular flexibility index (Phi) is 5.58. The van der Waals surface area contributed by atoms with Crippen molar-refractivity contribution in [2.75, 3.05) is 0 Å². The third kappa shape index (κ3) is 3.74. The normalized spacial score (nSPS) is 19.1. The number of rotatable bonds is 5. The highest BCUT2D eigenvalue weighted by Gasteiger charge is 2.33. The number of hydrogen-bond donors (Lipinski definition) is 3. The van der Waals surface area contributed by atoms with Crippen LogP contribution in [0.5, 0.6) is 5.75 Å². The van der Waals surface area contributed by atoms with Crippen LogP contribution in [0, 0.1) is 12.8 Å². The average Bonchev–Trinajstić information content (AvgIpc) is 2.95. The lowest BCUT2D eigenvalue weighted by Gasteiger charge is -2.10. The fourth-order valence-electron chi connectivity index (χ4n) is 2.54. The van der Waals surface area contributed by atoms with Gasteiger partial charge in [-0.15, -0.1) is 0 Å². The van der Waals surface area contributed by atoms with Crippen molar-refractivity contribution >= 4 is 11.7 Å². The van der Waals surface area contributed by atoms with Crippen LogP contribution in [-0.4, -0.2) is 32.1 Å². The van der Waals surface area contributed by atoms with E-state index in [1.807, 2.05) is 0 Å². The molecule has 0 saturated heterocycles. The zero-order valence-corrected chi connectivity index (χ0v) is 12.8. The molecule has 2 rings (SSSR count). The van der Waals surface area contributed by atoms with Crippen molar-refractivity contribution < 1.29 is 33.9 Å². The Hall–Kier alpha value is -2.39. The number of aromatic nitrogens is 1. The molecule has 0 aromatic carbocycles. The minimum atomic E-state index is -1.95. The number of halogens is 2. The van der Waals surface area contributed by atoms with Gasteiger partial charge < -0.3 is 10.2 Å². The zero-order valence-electron chi connectivity index (χ0n) is 12.8. The predicted octanol–water partition coefficient (Wildman–Crippen LogP) is 2.67. The zero-order chi connectivity index (χ0) is 17.9. The minimum Gasteiger partial charge on any atom is -0.506 e. The van der Waals surface area contributed by atoms with Gasteiger partial charge in [-0.3, -0.25) is 20.0 Å². The fourth-order valence-corrected chi connectivity index (χ4v) is 2.54. The predicted molar refractivity (Wildman–Crippen MR) is 78.8 cm³/mol. The molecule has 1 aromatic heterocycles. The highest BCUT2D eigenvalue weighted by molar-refractivity contribution is 6.05. The van der Waals surface area contributed by atoms with E-state index in [1.54, 1.807) is 6.92 Å². The van der Waals surface area contributed by atoms with Crippen LogP contribution in [0.25, 0.3) is 0 Å². The van der Waals surface area contributed by atoms with Crippen LogP contribution in [0.15, 0.2) is 22.8 Å². The van der Waals surface area contributed by atoms with Gasteiger partial charge >= 0.3 is 5.97 Å². The van der Waals surface area contributed by atoms with E-state index in [-0.39, 0.29) is 48.6 Å². The molecule has 0 radical (unpaired) electrons. The second kappa shape index (κ2) is 7.45. The number of nitrogens with zero attached hydrogens (tertiary/aromatic N) is 2. The highest BCUT2D eigenvalue weighted by atomic mass is 19.3. The van der Waals surface area contributed by atoms with E-state index in [0.717, 1.165) is 0 Å². The summed E-state index contributed by atoms with van der Waals surface area (Å²) in [6.07, 6.45) is -0.947. The van der Waals surface area contributed by atoms with Gasteiger partial charge in [0.1, 0.15) is 12.4 Å². The number of hydrogen-bond acceptors (Lipinski definition) is 6. The Labute approximate surface area is 135 Å². The van der Waals surface area contributed by atoms with E-state index in [0.29, 0.717) is 11.3 Å². The van der Waals surface area contributed by atoms with Crippen LogP contribution in [0.1, 0.15) is 29.7 Å². The lowest BCUT2D eigenvalue weighted by atomic mass is 10.1. The smallest absolute Gasteiger partial charge is 0.307 e. The summed E-state index contributed by atoms with van der Waals surface area (Å²) in [4.78, 5) is 23.0. The van der Waals surface area contributed by atoms with Gasteiger partial charge in [-0.2, -0.15) is 8.78 Å². The van der Waals surface area contributed by atoms with Crippen molar-refractivity contribution in [3.05, 3.63) is 34.7 Å². The first-order chi connectivity index (χ1) is 11.3. The Bertz CT molecular complexity index is 714. The number of allylic oxidation sites excluding steroid dienone is 1. The molecule has 0 unspecified atom stereocenters. The number of carboxylic acid groups (broad SMARTS) is 1. The molecule has 1 saturated carbocycles. The van der Waals surface area contributed by atoms with Gasteiger partial charge in [0.2, 0.25) is 0 Å². The van der Waals surface area contributed by atoms with Gasteiger partial charge in [0, 0.05) is 35.0 Å². The van der Waals surface area contributed by atoms with Crippen molar-refractivity contribution in [3.63, 3.8) is 0 Å². The van der Waals surface area contributed by atoms with Gasteiger partial charge in [-0.25, -0.2) is 4.89 Å². The van der Waals surface area contributed by atoms with E-state index in [4.69, 9.17) is 10.4 Å². The van der Waals surface area contributed by atoms with Crippen LogP contribution in [0.3, 0.4) is 0 Å². The maximum absolute atomic E-state index is 13.0. The number of aromatic hydroxyl groups is 1. The number of aryl methyl sites for hydroxylation is 1. The average molecular weight is 342 g/mol. The van der Waals surface area contributed by atoms with Crippen molar-refractivity contribution in [3.8, 4) is 5.75 Å². The maximum atomic E-state index is 13.0. The Balaban J connectivity index is 2.34. The molecule has 1 fully saturated rings. The van der Waals surface area contributed by atoms with Crippen molar-refractivity contribution in [1.82, 2.24) is 4.98 Å². The second-order valence-corrected chi connectivity index (χ2v) is 5.41. The van der Waals surface area contributed by atoms with Gasteiger partial charge in [-0.05, 0) is 13.3 Å². The number of carbonyl (C=O) groups is 1. The van der Waals surface area contributed by atoms with Crippen LogP contribution in [0.2, 0.25) is 0 Å². The standard InChI is InChI=1S/C15H16F2N2O5/c1-7-13(20)11(9(4-18-7)6-24-23)5-19-12-3-8(15(21)22)2-10(12)14(16)17/h4,8,20,23H,2-3,5-6H2,1H3,(H,21,22)/b19-12-/t8-/m0/s1. The molecule has 1 heterocycles. The molecule has 0 amide bonds. The molecule has 1 aromatic rings. The lowest BCUT2D eigenvalue weighted by Crippen LogP contribution is -2.09. The van der Waals surface area contributed by atoms with Gasteiger partial charge in [0.25, 0.3) is 6.08 Å². The van der Waals surface area contributed by atoms with Crippen LogP contribution >= 0.6 is 0 Å². The quantitative estimate of drug-likeness (QED) is 0.560. The largest absolute Gasteiger partial charge is 0.506 e. The molecule has 9 heteroatoms. The first-order valence-corrected chi connectivity index (χ1v) is 7.08. The Morgan fingerprint density at radius 2 is 2.17 bits per heavy atom. The van der Waals surface area contributed by atoms with Gasteiger partial charge in [0.15, 0.2) is 0 Å². The summed E-state index contributed by atoms with van der Waals surface area (Å²) in [5, 5.41) is 27.6. The summed E-state index contributed by atoms with van der Waals surface area (Å²) >= 11 is 0. The molecule has 24 heavy (non-hydrogen) atoms. The molecule has 1 aliphatic rings. The number of pyridine rings is 1. The molecule has 0 aliphatic heterocycles. The van der Waals surface area contributed by atoms with E-state index in [2.05, 4.69) is 14.9 Å².